The molecule has 3 saturated carbocycles. The van der Waals surface area contributed by atoms with Crippen molar-refractivity contribution in [3.05, 3.63) is 22.3 Å². The van der Waals surface area contributed by atoms with E-state index in [0.29, 0.717) is 5.41 Å². The topological polar surface area (TPSA) is 26.0 Å². The minimum Gasteiger partial charge on any atom is -0.330 e. The lowest BCUT2D eigenvalue weighted by atomic mass is 9.18. The van der Waals surface area contributed by atoms with Crippen LogP contribution in [0.15, 0.2) is 22.3 Å². The fourth-order valence-electron chi connectivity index (χ4n) is 6.63. The number of nitrogens with two attached hydrogens (primary N) is 1. The van der Waals surface area contributed by atoms with Crippen molar-refractivity contribution in [3.63, 3.8) is 0 Å². The van der Waals surface area contributed by atoms with Crippen molar-refractivity contribution in [1.82, 2.24) is 0 Å². The van der Waals surface area contributed by atoms with E-state index < -0.39 is 0 Å². The zero-order valence-electron chi connectivity index (χ0n) is 9.50. The highest BCUT2D eigenvalue weighted by molar-refractivity contribution is 5.77. The highest BCUT2D eigenvalue weighted by atomic mass is 14.9. The highest BCUT2D eigenvalue weighted by Gasteiger charge is 2.82. The third kappa shape index (κ3) is 0.419. The fraction of sp³-hybridized carbons (Fsp3) is 0.733. The van der Waals surface area contributed by atoms with Crippen molar-refractivity contribution in [1.29, 1.82) is 0 Å². The first-order valence-corrected chi connectivity index (χ1v) is 7.07. The Kier molecular flexibility index (Phi) is 0.896. The van der Waals surface area contributed by atoms with Gasteiger partial charge in [0.05, 0.1) is 0 Å². The molecule has 0 radical (unpaired) electrons. The first-order chi connectivity index (χ1) is 7.89. The maximum atomic E-state index is 6.19. The van der Waals surface area contributed by atoms with Crippen LogP contribution in [0.3, 0.4) is 0 Å². The average Bonchev–Trinajstić information content (AvgIpc) is 2.22. The molecule has 0 bridgehead atoms. The fourth-order valence-corrected chi connectivity index (χ4v) is 6.63. The van der Waals surface area contributed by atoms with Crippen LogP contribution in [-0.2, 0) is 0 Å². The molecule has 16 heavy (non-hydrogen) atoms. The number of hydrogen-bond donors (Lipinski definition) is 1. The van der Waals surface area contributed by atoms with E-state index in [0.717, 1.165) is 36.1 Å². The van der Waals surface area contributed by atoms with Gasteiger partial charge in [-0.05, 0) is 77.6 Å². The lowest BCUT2D eigenvalue weighted by Gasteiger charge is -2.85. The van der Waals surface area contributed by atoms with Gasteiger partial charge in [0.1, 0.15) is 0 Å². The molecule has 2 N–H and O–H groups in total. The van der Waals surface area contributed by atoms with Gasteiger partial charge >= 0.3 is 0 Å². The van der Waals surface area contributed by atoms with Crippen LogP contribution in [0, 0.1) is 35.0 Å². The Bertz CT molecular complexity index is 526. The summed E-state index contributed by atoms with van der Waals surface area (Å²) in [6, 6.07) is 0. The van der Waals surface area contributed by atoms with Gasteiger partial charge in [0.25, 0.3) is 0 Å². The molecular formula is C15H17N. The number of rotatable bonds is 1. The maximum absolute atomic E-state index is 6.19. The van der Waals surface area contributed by atoms with E-state index in [9.17, 15) is 0 Å². The van der Waals surface area contributed by atoms with E-state index in [4.69, 9.17) is 5.73 Å². The second kappa shape index (κ2) is 1.86. The van der Waals surface area contributed by atoms with Gasteiger partial charge in [-0.15, -0.1) is 0 Å². The van der Waals surface area contributed by atoms with Crippen molar-refractivity contribution >= 4 is 0 Å². The Balaban J connectivity index is 1.52. The van der Waals surface area contributed by atoms with Gasteiger partial charge in [-0.3, -0.25) is 0 Å². The quantitative estimate of drug-likeness (QED) is 0.707. The molecule has 0 spiro atoms. The molecular weight excluding hydrogens is 194 g/mol. The van der Waals surface area contributed by atoms with Crippen LogP contribution in [0.2, 0.25) is 0 Å². The zero-order valence-corrected chi connectivity index (χ0v) is 9.50. The first kappa shape index (κ1) is 7.71. The Morgan fingerprint density at radius 1 is 1.12 bits per heavy atom. The van der Waals surface area contributed by atoms with Gasteiger partial charge in [0.2, 0.25) is 0 Å². The van der Waals surface area contributed by atoms with E-state index in [1.807, 2.05) is 11.1 Å². The summed E-state index contributed by atoms with van der Waals surface area (Å²) in [5, 5.41) is 0. The molecule has 1 nitrogen and oxygen atoms in total. The normalized spacial score (nSPS) is 61.7. The lowest BCUT2D eigenvalue weighted by Crippen LogP contribution is -2.81. The molecule has 6 unspecified atom stereocenters. The molecule has 6 aliphatic rings. The minimum atomic E-state index is 0.542. The van der Waals surface area contributed by atoms with Crippen molar-refractivity contribution in [2.45, 2.75) is 25.7 Å². The first-order valence-electron chi connectivity index (χ1n) is 7.07. The van der Waals surface area contributed by atoms with Crippen LogP contribution in [0.25, 0.3) is 0 Å². The van der Waals surface area contributed by atoms with Gasteiger partial charge in [-0.1, -0.05) is 0 Å². The van der Waals surface area contributed by atoms with E-state index in [1.165, 1.54) is 25.7 Å². The summed E-state index contributed by atoms with van der Waals surface area (Å²) < 4.78 is 0. The van der Waals surface area contributed by atoms with Crippen molar-refractivity contribution in [2.24, 2.45) is 40.7 Å². The van der Waals surface area contributed by atoms with Crippen molar-refractivity contribution in [3.8, 4) is 0 Å². The second-order valence-corrected chi connectivity index (χ2v) is 6.98. The summed E-state index contributed by atoms with van der Waals surface area (Å²) in [6.45, 7) is 0.956. The number of hydrogen-bond acceptors (Lipinski definition) is 1. The standard InChI is InChI=1S/C15H17N/c16-5-15-12-8-3-1-6(8)10(12)14(15)11-7-2-4-9(7)13(11)15/h6,8,10,12,14H,1-5,16H2. The maximum Gasteiger partial charge on any atom is 0.0187 e. The second-order valence-electron chi connectivity index (χ2n) is 6.98. The third-order valence-corrected chi connectivity index (χ3v) is 7.29. The van der Waals surface area contributed by atoms with E-state index in [1.54, 1.807) is 11.1 Å². The van der Waals surface area contributed by atoms with Crippen LogP contribution >= 0.6 is 0 Å². The molecule has 3 fully saturated rings. The molecule has 0 amide bonds. The van der Waals surface area contributed by atoms with Crippen molar-refractivity contribution in [2.75, 3.05) is 6.54 Å². The predicted octanol–water partition coefficient (Wildman–Crippen LogP) is 2.25. The molecule has 0 aromatic rings. The van der Waals surface area contributed by atoms with Crippen LogP contribution in [0.4, 0.5) is 0 Å². The van der Waals surface area contributed by atoms with Crippen LogP contribution < -0.4 is 5.73 Å². The van der Waals surface area contributed by atoms with E-state index >= 15 is 0 Å². The molecule has 0 saturated heterocycles. The van der Waals surface area contributed by atoms with Crippen LogP contribution in [-0.4, -0.2) is 6.54 Å². The third-order valence-electron chi connectivity index (χ3n) is 7.29. The molecule has 0 aromatic heterocycles. The Labute approximate surface area is 95.8 Å². The Morgan fingerprint density at radius 3 is 2.56 bits per heavy atom. The molecule has 0 aliphatic heterocycles. The van der Waals surface area contributed by atoms with Crippen LogP contribution in [0.1, 0.15) is 25.7 Å². The summed E-state index contributed by atoms with van der Waals surface area (Å²) in [5.41, 5.74) is 14.0. The molecule has 0 aromatic carbocycles. The Hall–Kier alpha value is -0.560. The van der Waals surface area contributed by atoms with E-state index in [2.05, 4.69) is 0 Å². The smallest absolute Gasteiger partial charge is 0.0187 e. The van der Waals surface area contributed by atoms with Gasteiger partial charge in [-0.2, -0.15) is 0 Å². The molecule has 6 aliphatic carbocycles. The number of allylic oxidation sites excluding steroid dienone is 3. The van der Waals surface area contributed by atoms with Gasteiger partial charge < -0.3 is 5.73 Å². The molecule has 1 heteroatoms. The van der Waals surface area contributed by atoms with Crippen LogP contribution in [0.5, 0.6) is 0 Å². The summed E-state index contributed by atoms with van der Waals surface area (Å²) in [7, 11) is 0. The SMILES string of the molecule is NCC12C3=C(C4=C3CC4)C1C1C3CCC3C12. The summed E-state index contributed by atoms with van der Waals surface area (Å²) in [5.74, 6) is 5.32. The molecule has 6 rings (SSSR count). The van der Waals surface area contributed by atoms with Crippen molar-refractivity contribution < 1.29 is 0 Å². The van der Waals surface area contributed by atoms with Gasteiger partial charge in [0, 0.05) is 12.0 Å². The molecule has 0 heterocycles. The Morgan fingerprint density at radius 2 is 1.94 bits per heavy atom. The molecule has 82 valence electrons. The summed E-state index contributed by atoms with van der Waals surface area (Å²) in [6.07, 6.45) is 5.84. The highest BCUT2D eigenvalue weighted by Crippen LogP contribution is 2.88. The largest absolute Gasteiger partial charge is 0.330 e. The van der Waals surface area contributed by atoms with Gasteiger partial charge in [0.15, 0.2) is 0 Å². The minimum absolute atomic E-state index is 0.542. The van der Waals surface area contributed by atoms with E-state index in [-0.39, 0.29) is 0 Å². The summed E-state index contributed by atoms with van der Waals surface area (Å²) in [4.78, 5) is 0. The monoisotopic (exact) mass is 211 g/mol. The molecule has 6 atom stereocenters. The zero-order chi connectivity index (χ0) is 10.2. The number of fused-ring (bicyclic) bond motifs is 11. The summed E-state index contributed by atoms with van der Waals surface area (Å²) >= 11 is 0. The predicted molar refractivity (Wildman–Crippen MR) is 61.5 cm³/mol. The van der Waals surface area contributed by atoms with Gasteiger partial charge in [-0.25, -0.2) is 0 Å². The average molecular weight is 211 g/mol. The lowest BCUT2D eigenvalue weighted by molar-refractivity contribution is -0.289.